The second kappa shape index (κ2) is 27.0. The lowest BCUT2D eigenvalue weighted by Gasteiger charge is -2.23. The van der Waals surface area contributed by atoms with Crippen molar-refractivity contribution in [1.29, 1.82) is 0 Å². The van der Waals surface area contributed by atoms with Gasteiger partial charge in [-0.1, -0.05) is 88.7 Å². The molecule has 15 aromatic rings. The molecule has 17 nitrogen and oxygen atoms in total. The van der Waals surface area contributed by atoms with Crippen molar-refractivity contribution in [3.8, 4) is 0 Å². The van der Waals surface area contributed by atoms with Crippen LogP contribution in [0.25, 0.3) is 131 Å². The van der Waals surface area contributed by atoms with E-state index >= 15 is 0 Å². The van der Waals surface area contributed by atoms with E-state index in [1.165, 1.54) is 12.8 Å². The van der Waals surface area contributed by atoms with Crippen LogP contribution in [-0.4, -0.2) is 85.1 Å². The van der Waals surface area contributed by atoms with Crippen molar-refractivity contribution < 1.29 is 24.1 Å². The third-order valence-electron chi connectivity index (χ3n) is 17.7. The summed E-state index contributed by atoms with van der Waals surface area (Å²) in [7, 11) is 0. The number of halogens is 1. The normalized spacial score (nSPS) is 15.1. The van der Waals surface area contributed by atoms with Crippen molar-refractivity contribution in [3.05, 3.63) is 243 Å². The lowest BCUT2D eigenvalue weighted by atomic mass is 10.0. The monoisotopic (exact) mass is 1320 g/mol. The standard InChI is InChI=1S/C27H24N2O4.C22H16N2O3.C20H12N2O2.C7H13BrO2/c30-26-17-7-1-3-9-21(17)28-22-15-20-24(16-19(22)26)29(12-14-33-25-11-5-6-13-32-25)23-10-4-2-8-18(23)27(20)31;25-10-9-24-19-8-4-2-6-14(19)22(27)16-11-18-15(12-20(16)24)21(26)13-5-1-3-7-17(13)23-18;23-19-11-5-1-3-7-15(11)21-17-10-14-18(9-13(17)19)22-16-8-4-2-6-12(16)20(14)24;8-4-6-10-7-3-1-2-5-9-7/h1-4,7-10,15-16,25H,5-6,11-14H2,(H,28,30);1-8,11-12,25H,9-10H2,(H,23,26);1-10H,(H,21,23)(H,22,24);7H,1-6H2. The summed E-state index contributed by atoms with van der Waals surface area (Å²) in [6.07, 6.45) is 6.48. The van der Waals surface area contributed by atoms with Gasteiger partial charge in [0.05, 0.1) is 64.0 Å². The lowest BCUT2D eigenvalue weighted by molar-refractivity contribution is -0.163. The summed E-state index contributed by atoms with van der Waals surface area (Å²) in [5.41, 5.74) is 8.37. The first-order valence-electron chi connectivity index (χ1n) is 31.7. The number of pyridine rings is 6. The van der Waals surface area contributed by atoms with Gasteiger partial charge in [0.2, 0.25) is 0 Å². The Morgan fingerprint density at radius 1 is 0.362 bits per heavy atom. The number of nitrogens with one attached hydrogen (secondary N) is 4. The molecule has 2 saturated heterocycles. The zero-order valence-corrected chi connectivity index (χ0v) is 52.8. The molecule has 18 heteroatoms. The number of H-pyrrole nitrogens is 4. The van der Waals surface area contributed by atoms with Gasteiger partial charge in [-0.05, 0) is 148 Å². The van der Waals surface area contributed by atoms with Crippen LogP contribution in [0, 0.1) is 0 Å². The first kappa shape index (κ1) is 61.6. The van der Waals surface area contributed by atoms with E-state index in [9.17, 15) is 33.9 Å². The van der Waals surface area contributed by atoms with Crippen LogP contribution >= 0.6 is 15.9 Å². The first-order chi connectivity index (χ1) is 46.0. The SMILES string of the molecule is BrCCOC1CCCCO1.O=c1c2ccccc2[nH]c2cc3c(=O)c4ccccc4[nH]c3cc12.O=c1c2ccccc2[nH]c2cc3c(=O)c4ccccc4n(CCO)c3cc12.O=c1c2ccccc2[nH]c2cc3c(=O)c4ccccc4n(CCOC4CCCCO4)c3cc12. The summed E-state index contributed by atoms with van der Waals surface area (Å²) in [5, 5.41) is 17.6. The number of para-hydroxylation sites is 6. The molecule has 6 aromatic heterocycles. The summed E-state index contributed by atoms with van der Waals surface area (Å²) < 4.78 is 26.4. The second-order valence-electron chi connectivity index (χ2n) is 23.5. The molecule has 2 aliphatic rings. The molecule has 0 aliphatic carbocycles. The predicted molar refractivity (Wildman–Crippen MR) is 380 cm³/mol. The van der Waals surface area contributed by atoms with Crippen LogP contribution in [0.15, 0.2) is 211 Å². The Hall–Kier alpha value is -9.92. The zero-order valence-electron chi connectivity index (χ0n) is 51.2. The zero-order chi connectivity index (χ0) is 64.4. The van der Waals surface area contributed by atoms with Gasteiger partial charge in [-0.3, -0.25) is 28.8 Å². The molecule has 0 spiro atoms. The topological polar surface area (TPSA) is 233 Å². The molecule has 472 valence electrons. The van der Waals surface area contributed by atoms with Gasteiger partial charge in [0, 0.05) is 118 Å². The van der Waals surface area contributed by atoms with Crippen molar-refractivity contribution in [2.24, 2.45) is 0 Å². The maximum atomic E-state index is 13.4. The van der Waals surface area contributed by atoms with Gasteiger partial charge < -0.3 is 53.1 Å². The van der Waals surface area contributed by atoms with Crippen LogP contribution in [0.1, 0.15) is 38.5 Å². The molecule has 0 radical (unpaired) electrons. The van der Waals surface area contributed by atoms with Crippen LogP contribution in [-0.2, 0) is 32.0 Å². The number of benzene rings is 9. The highest BCUT2D eigenvalue weighted by Gasteiger charge is 2.20. The van der Waals surface area contributed by atoms with Gasteiger partial charge in [-0.15, -0.1) is 0 Å². The van der Waals surface area contributed by atoms with Gasteiger partial charge in [-0.2, -0.15) is 0 Å². The number of aromatic nitrogens is 6. The van der Waals surface area contributed by atoms with E-state index in [4.69, 9.17) is 18.9 Å². The van der Waals surface area contributed by atoms with E-state index in [-0.39, 0.29) is 51.8 Å². The Kier molecular flexibility index (Phi) is 17.7. The maximum Gasteiger partial charge on any atom is 0.197 e. The van der Waals surface area contributed by atoms with Crippen LogP contribution in [0.5, 0.6) is 0 Å². The minimum absolute atomic E-state index is 0.0322. The molecule has 2 aliphatic heterocycles. The minimum Gasteiger partial charge on any atom is -0.395 e. The number of hydrogen-bond donors (Lipinski definition) is 5. The van der Waals surface area contributed by atoms with E-state index in [2.05, 4.69) is 40.4 Å². The number of aliphatic hydroxyl groups excluding tert-OH is 1. The fraction of sp³-hybridized carbons (Fsp3) is 0.211. The smallest absolute Gasteiger partial charge is 0.197 e. The van der Waals surface area contributed by atoms with Crippen molar-refractivity contribution in [3.63, 3.8) is 0 Å². The van der Waals surface area contributed by atoms with Crippen LogP contribution in [0.2, 0.25) is 0 Å². The summed E-state index contributed by atoms with van der Waals surface area (Å²) in [5.74, 6) is 0. The molecule has 17 rings (SSSR count). The highest BCUT2D eigenvalue weighted by atomic mass is 79.9. The number of alkyl halides is 1. The average Bonchev–Trinajstić information content (AvgIpc) is 0.753. The number of rotatable bonds is 9. The van der Waals surface area contributed by atoms with E-state index in [0.29, 0.717) is 112 Å². The average molecular weight is 1320 g/mol. The van der Waals surface area contributed by atoms with Crippen molar-refractivity contribution >= 4 is 147 Å². The fourth-order valence-corrected chi connectivity index (χ4v) is 13.3. The highest BCUT2D eigenvalue weighted by molar-refractivity contribution is 9.09. The molecule has 2 fully saturated rings. The number of ether oxygens (including phenoxy) is 4. The van der Waals surface area contributed by atoms with Crippen LogP contribution in [0.4, 0.5) is 0 Å². The largest absolute Gasteiger partial charge is 0.395 e. The van der Waals surface area contributed by atoms with Gasteiger partial charge in [0.1, 0.15) is 0 Å². The molecule has 8 heterocycles. The second-order valence-corrected chi connectivity index (χ2v) is 24.3. The Morgan fingerprint density at radius 3 is 1.04 bits per heavy atom. The Balaban J connectivity index is 0.000000114. The number of hydrogen-bond acceptors (Lipinski definition) is 11. The third-order valence-corrected chi connectivity index (χ3v) is 18.0. The first-order valence-corrected chi connectivity index (χ1v) is 32.8. The van der Waals surface area contributed by atoms with Gasteiger partial charge in [0.25, 0.3) is 0 Å². The molecule has 0 amide bonds. The molecule has 0 saturated carbocycles. The predicted octanol–water partition coefficient (Wildman–Crippen LogP) is 13.4. The number of fused-ring (bicyclic) bond motifs is 12. The molecule has 0 bridgehead atoms. The van der Waals surface area contributed by atoms with Crippen molar-refractivity contribution in [2.75, 3.05) is 38.4 Å². The fourth-order valence-electron chi connectivity index (χ4n) is 13.1. The summed E-state index contributed by atoms with van der Waals surface area (Å²) in [6, 6.07) is 55.3. The summed E-state index contributed by atoms with van der Waals surface area (Å²) in [4.78, 5) is 91.4. The third kappa shape index (κ3) is 11.9. The van der Waals surface area contributed by atoms with Crippen molar-refractivity contribution in [2.45, 2.75) is 64.2 Å². The van der Waals surface area contributed by atoms with Crippen LogP contribution < -0.4 is 32.6 Å². The quantitative estimate of drug-likeness (QED) is 0.0674. The van der Waals surface area contributed by atoms with Gasteiger partial charge >= 0.3 is 0 Å². The lowest BCUT2D eigenvalue weighted by Crippen LogP contribution is -2.24. The van der Waals surface area contributed by atoms with E-state index in [0.717, 1.165) is 89.5 Å². The van der Waals surface area contributed by atoms with E-state index < -0.39 is 0 Å². The number of aromatic amines is 4. The Labute approximate surface area is 542 Å². The van der Waals surface area contributed by atoms with Crippen LogP contribution in [0.3, 0.4) is 0 Å². The van der Waals surface area contributed by atoms with E-state index in [1.807, 2.05) is 138 Å². The molecule has 2 atom stereocenters. The maximum absolute atomic E-state index is 13.4. The molecular weight excluding hydrogens is 1250 g/mol. The van der Waals surface area contributed by atoms with Gasteiger partial charge in [0.15, 0.2) is 45.2 Å². The Bertz CT molecular complexity index is 5720. The highest BCUT2D eigenvalue weighted by Crippen LogP contribution is 2.28. The molecule has 5 N–H and O–H groups in total. The molecule has 2 unspecified atom stereocenters. The summed E-state index contributed by atoms with van der Waals surface area (Å²) in [6.45, 7) is 3.64. The Morgan fingerprint density at radius 2 is 0.681 bits per heavy atom. The number of nitrogens with zero attached hydrogens (tertiary/aromatic N) is 2. The van der Waals surface area contributed by atoms with Gasteiger partial charge in [-0.25, -0.2) is 0 Å². The summed E-state index contributed by atoms with van der Waals surface area (Å²) >= 11 is 3.30. The molecular formula is C76H65BrN6O11. The minimum atomic E-state index is -0.175. The van der Waals surface area contributed by atoms with E-state index in [1.54, 1.807) is 48.5 Å². The number of aliphatic hydroxyl groups is 1. The molecule has 94 heavy (non-hydrogen) atoms. The van der Waals surface area contributed by atoms with Crippen molar-refractivity contribution in [1.82, 2.24) is 29.1 Å². The molecule has 9 aromatic carbocycles.